The minimum Gasteiger partial charge on any atom is -0.393 e. The number of allylic oxidation sites excluding steroid dienone is 1. The van der Waals surface area contributed by atoms with Crippen LogP contribution in [0.3, 0.4) is 0 Å². The maximum atomic E-state index is 10.4. The van der Waals surface area contributed by atoms with Crippen LogP contribution in [-0.4, -0.2) is 23.4 Å². The van der Waals surface area contributed by atoms with E-state index in [4.69, 9.17) is 4.74 Å². The first-order valence-electron chi connectivity index (χ1n) is 11.0. The van der Waals surface area contributed by atoms with Gasteiger partial charge in [0.2, 0.25) is 0 Å². The Hall–Kier alpha value is -0.340. The number of hydrogen-bond donors (Lipinski definition) is 1. The lowest BCUT2D eigenvalue weighted by molar-refractivity contribution is -0.100. The third-order valence-electron chi connectivity index (χ3n) is 9.35. The molecule has 5 rings (SSSR count). The second-order valence-corrected chi connectivity index (χ2v) is 10.5. The second kappa shape index (κ2) is 5.58. The van der Waals surface area contributed by atoms with Crippen LogP contribution in [0.4, 0.5) is 0 Å². The van der Waals surface area contributed by atoms with Crippen LogP contribution in [0.15, 0.2) is 11.6 Å². The fourth-order valence-corrected chi connectivity index (χ4v) is 7.67. The molecule has 4 fully saturated rings. The van der Waals surface area contributed by atoms with E-state index < -0.39 is 0 Å². The first kappa shape index (κ1) is 16.8. The number of fused-ring (bicyclic) bond motifs is 5. The van der Waals surface area contributed by atoms with Crippen LogP contribution in [0.2, 0.25) is 0 Å². The highest BCUT2D eigenvalue weighted by atomic mass is 16.5. The fourth-order valence-electron chi connectivity index (χ4n) is 7.67. The van der Waals surface area contributed by atoms with Gasteiger partial charge in [-0.25, -0.2) is 0 Å². The monoisotopic (exact) mass is 344 g/mol. The molecule has 4 saturated carbocycles. The van der Waals surface area contributed by atoms with Crippen LogP contribution in [0.1, 0.15) is 78.6 Å². The molecule has 0 heterocycles. The number of aliphatic hydroxyl groups excluding tert-OH is 1. The van der Waals surface area contributed by atoms with Gasteiger partial charge in [0.15, 0.2) is 0 Å². The number of rotatable bonds is 2. The smallest absolute Gasteiger partial charge is 0.0635 e. The van der Waals surface area contributed by atoms with Gasteiger partial charge in [-0.05, 0) is 86.4 Å². The average Bonchev–Trinajstić information content (AvgIpc) is 3.34. The molecule has 8 atom stereocenters. The Morgan fingerprint density at radius 1 is 1.00 bits per heavy atom. The quantitative estimate of drug-likeness (QED) is 0.706. The van der Waals surface area contributed by atoms with Gasteiger partial charge in [-0.1, -0.05) is 32.4 Å². The molecule has 1 N–H and O–H groups in total. The zero-order chi connectivity index (χ0) is 17.4. The summed E-state index contributed by atoms with van der Waals surface area (Å²) >= 11 is 0. The van der Waals surface area contributed by atoms with Gasteiger partial charge in [-0.3, -0.25) is 0 Å². The van der Waals surface area contributed by atoms with E-state index in [1.54, 1.807) is 5.57 Å². The summed E-state index contributed by atoms with van der Waals surface area (Å²) in [6.07, 6.45) is 15.0. The highest BCUT2D eigenvalue weighted by molar-refractivity contribution is 5.27. The largest absolute Gasteiger partial charge is 0.393 e. The van der Waals surface area contributed by atoms with E-state index in [1.807, 2.05) is 0 Å². The van der Waals surface area contributed by atoms with Crippen LogP contribution in [-0.2, 0) is 4.74 Å². The van der Waals surface area contributed by atoms with Crippen molar-refractivity contribution >= 4 is 0 Å². The van der Waals surface area contributed by atoms with Crippen LogP contribution < -0.4 is 0 Å². The molecule has 0 aromatic heterocycles. The summed E-state index contributed by atoms with van der Waals surface area (Å²) < 4.78 is 6.49. The van der Waals surface area contributed by atoms with Crippen LogP contribution in [0, 0.1) is 34.5 Å². The van der Waals surface area contributed by atoms with Crippen molar-refractivity contribution in [3.05, 3.63) is 11.6 Å². The number of ether oxygens (including phenoxy) is 1. The van der Waals surface area contributed by atoms with Crippen molar-refractivity contribution in [3.63, 3.8) is 0 Å². The molecule has 2 nitrogen and oxygen atoms in total. The van der Waals surface area contributed by atoms with Gasteiger partial charge in [-0.2, -0.15) is 0 Å². The summed E-state index contributed by atoms with van der Waals surface area (Å²) in [5.74, 6) is 2.90. The molecule has 2 heteroatoms. The van der Waals surface area contributed by atoms with E-state index in [0.29, 0.717) is 29.0 Å². The fraction of sp³-hybridized carbons (Fsp3) is 0.913. The van der Waals surface area contributed by atoms with E-state index in [9.17, 15) is 5.11 Å². The maximum absolute atomic E-state index is 10.4. The average molecular weight is 345 g/mol. The lowest BCUT2D eigenvalue weighted by Crippen LogP contribution is -2.52. The van der Waals surface area contributed by atoms with Gasteiger partial charge in [0.05, 0.1) is 18.3 Å². The van der Waals surface area contributed by atoms with Crippen molar-refractivity contribution in [2.24, 2.45) is 34.5 Å². The highest BCUT2D eigenvalue weighted by Gasteiger charge is 2.60. The molecular formula is C23H36O2. The molecule has 0 spiro atoms. The molecule has 25 heavy (non-hydrogen) atoms. The van der Waals surface area contributed by atoms with E-state index in [2.05, 4.69) is 26.8 Å². The lowest BCUT2D eigenvalue weighted by Gasteiger charge is -2.59. The molecule has 0 radical (unpaired) electrons. The first-order chi connectivity index (χ1) is 11.9. The molecule has 5 aliphatic rings. The van der Waals surface area contributed by atoms with Crippen LogP contribution >= 0.6 is 0 Å². The van der Waals surface area contributed by atoms with Gasteiger partial charge in [0.1, 0.15) is 0 Å². The maximum Gasteiger partial charge on any atom is 0.0635 e. The van der Waals surface area contributed by atoms with Crippen molar-refractivity contribution < 1.29 is 9.84 Å². The summed E-state index contributed by atoms with van der Waals surface area (Å²) in [4.78, 5) is 0. The van der Waals surface area contributed by atoms with E-state index >= 15 is 0 Å². The molecule has 0 amide bonds. The Morgan fingerprint density at radius 2 is 1.80 bits per heavy atom. The summed E-state index contributed by atoms with van der Waals surface area (Å²) in [5.41, 5.74) is 2.36. The van der Waals surface area contributed by atoms with E-state index in [0.717, 1.165) is 24.2 Å². The van der Waals surface area contributed by atoms with Crippen LogP contribution in [0.25, 0.3) is 0 Å². The predicted molar refractivity (Wildman–Crippen MR) is 100 cm³/mol. The van der Waals surface area contributed by atoms with E-state index in [-0.39, 0.29) is 6.10 Å². The second-order valence-electron chi connectivity index (χ2n) is 10.5. The minimum absolute atomic E-state index is 0.118. The number of aliphatic hydroxyl groups is 1. The predicted octanol–water partition coefficient (Wildman–Crippen LogP) is 5.10. The molecular weight excluding hydrogens is 308 g/mol. The molecule has 0 saturated heterocycles. The van der Waals surface area contributed by atoms with Crippen molar-refractivity contribution in [2.45, 2.75) is 96.9 Å². The highest BCUT2D eigenvalue weighted by Crippen LogP contribution is 2.66. The normalized spacial score (nSPS) is 55.1. The first-order valence-corrected chi connectivity index (χ1v) is 11.0. The van der Waals surface area contributed by atoms with Crippen LogP contribution in [0.5, 0.6) is 0 Å². The zero-order valence-corrected chi connectivity index (χ0v) is 16.3. The van der Waals surface area contributed by atoms with Gasteiger partial charge < -0.3 is 9.84 Å². The van der Waals surface area contributed by atoms with Gasteiger partial charge in [-0.15, -0.1) is 0 Å². The Kier molecular flexibility index (Phi) is 3.75. The van der Waals surface area contributed by atoms with Crippen molar-refractivity contribution in [1.29, 1.82) is 0 Å². The minimum atomic E-state index is -0.118. The third kappa shape index (κ3) is 2.35. The Balaban J connectivity index is 1.43. The molecule has 3 unspecified atom stereocenters. The van der Waals surface area contributed by atoms with E-state index in [1.165, 1.54) is 51.4 Å². The summed E-state index contributed by atoms with van der Waals surface area (Å²) in [7, 11) is 0. The summed E-state index contributed by atoms with van der Waals surface area (Å²) in [6.45, 7) is 7.35. The number of hydrogen-bond acceptors (Lipinski definition) is 2. The van der Waals surface area contributed by atoms with Gasteiger partial charge in [0, 0.05) is 5.92 Å². The third-order valence-corrected chi connectivity index (χ3v) is 9.35. The summed E-state index contributed by atoms with van der Waals surface area (Å²) in [6, 6.07) is 0. The van der Waals surface area contributed by atoms with Crippen molar-refractivity contribution in [1.82, 2.24) is 0 Å². The molecule has 140 valence electrons. The zero-order valence-electron chi connectivity index (χ0n) is 16.3. The lowest BCUT2D eigenvalue weighted by atomic mass is 9.47. The molecule has 5 aliphatic carbocycles. The Morgan fingerprint density at radius 3 is 2.56 bits per heavy atom. The molecule has 0 bridgehead atoms. The standard InChI is InChI=1S/C23H36O2/c1-14-17-7-6-16-18-8-9-21(25-15-4-5-15)23(18,3)12-10-19(16)22(17,2)13-11-20(14)24/h7,14-16,18-21,24H,4-6,8-13H2,1-3H3/t14?,16-,18-,19+,20?,21?,22-,23-/m0/s1. The van der Waals surface area contributed by atoms with Gasteiger partial charge >= 0.3 is 0 Å². The van der Waals surface area contributed by atoms with Gasteiger partial charge in [0.25, 0.3) is 0 Å². The Labute approximate surface area is 153 Å². The Bertz CT molecular complexity index is 579. The molecule has 0 aromatic rings. The van der Waals surface area contributed by atoms with Crippen molar-refractivity contribution in [3.8, 4) is 0 Å². The van der Waals surface area contributed by atoms with Crippen molar-refractivity contribution in [2.75, 3.05) is 0 Å². The topological polar surface area (TPSA) is 29.5 Å². The molecule has 0 aromatic carbocycles. The SMILES string of the molecule is CC1C2=CC[C@@H]3[C@@H](CC[C@]4(C)C(OC5CC5)CC[C@@H]34)[C@@]2(C)CCC1O. The summed E-state index contributed by atoms with van der Waals surface area (Å²) in [5, 5.41) is 10.4. The molecule has 0 aliphatic heterocycles.